The zero-order valence-electron chi connectivity index (χ0n) is 14.9. The number of hydrogen-bond acceptors (Lipinski definition) is 1. The predicted molar refractivity (Wildman–Crippen MR) is 104 cm³/mol. The normalized spacial score (nSPS) is 32.5. The van der Waals surface area contributed by atoms with E-state index in [0.29, 0.717) is 5.41 Å². The lowest BCUT2D eigenvalue weighted by Gasteiger charge is -2.50. The van der Waals surface area contributed by atoms with Gasteiger partial charge < -0.3 is 0 Å². The van der Waals surface area contributed by atoms with Crippen molar-refractivity contribution in [2.24, 2.45) is 17.8 Å². The molecule has 2 aromatic rings. The van der Waals surface area contributed by atoms with Crippen LogP contribution in [0.2, 0.25) is 0 Å². The first-order valence-electron chi connectivity index (χ1n) is 9.46. The summed E-state index contributed by atoms with van der Waals surface area (Å²) in [4.78, 5) is 2.67. The van der Waals surface area contributed by atoms with Gasteiger partial charge in [-0.1, -0.05) is 55.9 Å². The third-order valence-electron chi connectivity index (χ3n) is 6.07. The van der Waals surface area contributed by atoms with Gasteiger partial charge in [0.1, 0.15) is 0 Å². The van der Waals surface area contributed by atoms with Crippen molar-refractivity contribution in [1.29, 1.82) is 0 Å². The third kappa shape index (κ3) is 3.28. The van der Waals surface area contributed by atoms with Crippen molar-refractivity contribution >= 4 is 11.8 Å². The van der Waals surface area contributed by atoms with Crippen LogP contribution in [0.15, 0.2) is 64.4 Å². The molecule has 24 heavy (non-hydrogen) atoms. The molecule has 2 aliphatic rings. The molecule has 0 radical (unpaired) electrons. The summed E-state index contributed by atoms with van der Waals surface area (Å²) in [5.41, 5.74) is 2.05. The van der Waals surface area contributed by atoms with E-state index in [1.807, 2.05) is 11.8 Å². The molecule has 2 unspecified atom stereocenters. The maximum absolute atomic E-state index is 2.47. The van der Waals surface area contributed by atoms with Crippen LogP contribution in [-0.2, 0) is 5.41 Å². The highest BCUT2D eigenvalue weighted by Crippen LogP contribution is 2.54. The summed E-state index contributed by atoms with van der Waals surface area (Å²) >= 11 is 1.87. The van der Waals surface area contributed by atoms with E-state index in [4.69, 9.17) is 0 Å². The van der Waals surface area contributed by atoms with Crippen LogP contribution >= 0.6 is 11.8 Å². The van der Waals surface area contributed by atoms with E-state index in [0.717, 1.165) is 17.8 Å². The van der Waals surface area contributed by atoms with Crippen molar-refractivity contribution in [3.8, 4) is 0 Å². The topological polar surface area (TPSA) is 0 Å². The smallest absolute Gasteiger partial charge is 0.0122 e. The Morgan fingerprint density at radius 3 is 1.96 bits per heavy atom. The van der Waals surface area contributed by atoms with Gasteiger partial charge in [-0.3, -0.25) is 0 Å². The van der Waals surface area contributed by atoms with Crippen LogP contribution in [0.25, 0.3) is 0 Å². The molecule has 0 spiro atoms. The first-order chi connectivity index (χ1) is 11.6. The molecule has 2 bridgehead atoms. The lowest BCUT2D eigenvalue weighted by atomic mass is 9.54. The molecule has 0 heterocycles. The second-order valence-electron chi connectivity index (χ2n) is 8.38. The largest absolute Gasteiger partial charge is 0.0901 e. The van der Waals surface area contributed by atoms with E-state index in [-0.39, 0.29) is 0 Å². The lowest BCUT2D eigenvalue weighted by molar-refractivity contribution is 0.0780. The minimum absolute atomic E-state index is 0.454. The zero-order valence-corrected chi connectivity index (χ0v) is 15.7. The molecule has 2 aliphatic carbocycles. The van der Waals surface area contributed by atoms with Gasteiger partial charge in [0.25, 0.3) is 0 Å². The van der Waals surface area contributed by atoms with Gasteiger partial charge in [-0.15, -0.1) is 0 Å². The Morgan fingerprint density at radius 1 is 0.750 bits per heavy atom. The van der Waals surface area contributed by atoms with E-state index in [2.05, 4.69) is 68.4 Å². The summed E-state index contributed by atoms with van der Waals surface area (Å²) in [5.74, 6) is 2.72. The minimum atomic E-state index is 0.454. The van der Waals surface area contributed by atoms with Crippen LogP contribution < -0.4 is 0 Å². The van der Waals surface area contributed by atoms with Gasteiger partial charge >= 0.3 is 0 Å². The summed E-state index contributed by atoms with van der Waals surface area (Å²) in [6, 6.07) is 20.2. The van der Waals surface area contributed by atoms with E-state index in [1.54, 1.807) is 5.56 Å². The maximum Gasteiger partial charge on any atom is 0.0122 e. The van der Waals surface area contributed by atoms with Gasteiger partial charge in [0.2, 0.25) is 0 Å². The Labute approximate surface area is 151 Å². The van der Waals surface area contributed by atoms with Crippen molar-refractivity contribution in [2.75, 3.05) is 0 Å². The Kier molecular flexibility index (Phi) is 4.47. The minimum Gasteiger partial charge on any atom is -0.0901 e. The van der Waals surface area contributed by atoms with Gasteiger partial charge in [-0.2, -0.15) is 0 Å². The highest BCUT2D eigenvalue weighted by molar-refractivity contribution is 7.99. The molecule has 2 fully saturated rings. The fourth-order valence-electron chi connectivity index (χ4n) is 5.56. The molecule has 0 N–H and O–H groups in total. The fraction of sp³-hybridized carbons (Fsp3) is 0.478. The third-order valence-corrected chi connectivity index (χ3v) is 7.09. The Morgan fingerprint density at radius 2 is 1.33 bits per heavy atom. The van der Waals surface area contributed by atoms with Gasteiger partial charge in [0, 0.05) is 9.79 Å². The summed E-state index contributed by atoms with van der Waals surface area (Å²) in [5, 5.41) is 0. The molecule has 1 heteroatoms. The van der Waals surface area contributed by atoms with E-state index in [9.17, 15) is 0 Å². The molecule has 2 saturated carbocycles. The van der Waals surface area contributed by atoms with Crippen LogP contribution in [0.3, 0.4) is 0 Å². The summed E-state index contributed by atoms with van der Waals surface area (Å²) in [6.45, 7) is 4.94. The molecule has 0 amide bonds. The van der Waals surface area contributed by atoms with Crippen LogP contribution in [0.4, 0.5) is 0 Å². The van der Waals surface area contributed by atoms with Crippen molar-refractivity contribution in [3.63, 3.8) is 0 Å². The quantitative estimate of drug-likeness (QED) is 0.585. The maximum atomic E-state index is 2.47. The van der Waals surface area contributed by atoms with Crippen LogP contribution in [0.1, 0.15) is 51.5 Å². The van der Waals surface area contributed by atoms with E-state index < -0.39 is 0 Å². The van der Waals surface area contributed by atoms with Crippen LogP contribution in [0, 0.1) is 17.8 Å². The second kappa shape index (κ2) is 6.59. The molecule has 0 nitrogen and oxygen atoms in total. The highest BCUT2D eigenvalue weighted by Gasteiger charge is 2.45. The molecule has 2 aromatic carbocycles. The first kappa shape index (κ1) is 16.3. The molecule has 0 aromatic heterocycles. The van der Waals surface area contributed by atoms with Crippen LogP contribution in [-0.4, -0.2) is 0 Å². The van der Waals surface area contributed by atoms with Gasteiger partial charge in [-0.05, 0) is 85.1 Å². The molecular formula is C23H28S. The molecule has 4 rings (SSSR count). The van der Waals surface area contributed by atoms with Gasteiger partial charge in [0.15, 0.2) is 0 Å². The molecule has 0 aliphatic heterocycles. The molecule has 0 saturated heterocycles. The van der Waals surface area contributed by atoms with Gasteiger partial charge in [-0.25, -0.2) is 0 Å². The van der Waals surface area contributed by atoms with Crippen LogP contribution in [0.5, 0.6) is 0 Å². The van der Waals surface area contributed by atoms with E-state index in [1.165, 1.54) is 41.9 Å². The fourth-order valence-corrected chi connectivity index (χ4v) is 6.40. The SMILES string of the molecule is CC1CC2CC(C)CC(c3ccc(Sc4ccccc4)cc3)(C1)C2. The summed E-state index contributed by atoms with van der Waals surface area (Å²) < 4.78 is 0. The standard InChI is InChI=1S/C23H28S/c1-17-12-19-13-18(2)15-23(14-17,16-19)20-8-10-22(11-9-20)24-21-6-4-3-5-7-21/h3-11,17-19H,12-16H2,1-2H3. The predicted octanol–water partition coefficient (Wildman–Crippen LogP) is 6.94. The van der Waals surface area contributed by atoms with Crippen molar-refractivity contribution in [1.82, 2.24) is 0 Å². The average molecular weight is 337 g/mol. The first-order valence-corrected chi connectivity index (χ1v) is 10.3. The average Bonchev–Trinajstić information content (AvgIpc) is 2.55. The van der Waals surface area contributed by atoms with Crippen molar-refractivity contribution in [3.05, 3.63) is 60.2 Å². The van der Waals surface area contributed by atoms with Crippen molar-refractivity contribution in [2.45, 2.75) is 61.2 Å². The van der Waals surface area contributed by atoms with E-state index >= 15 is 0 Å². The summed E-state index contributed by atoms with van der Waals surface area (Å²) in [6.07, 6.45) is 7.10. The Bertz CT molecular complexity index is 653. The Hall–Kier alpha value is -1.21. The molecular weight excluding hydrogens is 308 g/mol. The monoisotopic (exact) mass is 336 g/mol. The van der Waals surface area contributed by atoms with Crippen molar-refractivity contribution < 1.29 is 0 Å². The number of fused-ring (bicyclic) bond motifs is 2. The Balaban J connectivity index is 1.57. The number of hydrogen-bond donors (Lipinski definition) is 0. The lowest BCUT2D eigenvalue weighted by Crippen LogP contribution is -2.42. The summed E-state index contributed by atoms with van der Waals surface area (Å²) in [7, 11) is 0. The number of rotatable bonds is 3. The number of benzene rings is 2. The highest BCUT2D eigenvalue weighted by atomic mass is 32.2. The molecule has 2 atom stereocenters. The van der Waals surface area contributed by atoms with Gasteiger partial charge in [0.05, 0.1) is 0 Å². The molecule has 126 valence electrons. The zero-order chi connectivity index (χ0) is 16.6. The second-order valence-corrected chi connectivity index (χ2v) is 9.53.